The van der Waals surface area contributed by atoms with E-state index in [1.165, 1.54) is 6.08 Å². The smallest absolute Gasteiger partial charge is 0.344 e. The van der Waals surface area contributed by atoms with Crippen LogP contribution in [-0.2, 0) is 14.3 Å². The van der Waals surface area contributed by atoms with Crippen LogP contribution in [0.4, 0.5) is 0 Å². The van der Waals surface area contributed by atoms with Crippen molar-refractivity contribution in [1.82, 2.24) is 4.90 Å². The Balaban J connectivity index is 2.07. The highest BCUT2D eigenvalue weighted by molar-refractivity contribution is 5.94. The van der Waals surface area contributed by atoms with Crippen LogP contribution in [0.15, 0.2) is 42.3 Å². The van der Waals surface area contributed by atoms with E-state index >= 15 is 0 Å². The van der Waals surface area contributed by atoms with Gasteiger partial charge in [0.15, 0.2) is 5.78 Å². The van der Waals surface area contributed by atoms with E-state index in [2.05, 4.69) is 0 Å². The number of esters is 1. The second-order valence-corrected chi connectivity index (χ2v) is 5.42. The first-order chi connectivity index (χ1) is 10.6. The molecule has 1 aliphatic rings. The second kappa shape index (κ2) is 7.75. The lowest BCUT2D eigenvalue weighted by Crippen LogP contribution is -2.25. The number of allylic oxidation sites excluding steroid dienone is 1. The van der Waals surface area contributed by atoms with Gasteiger partial charge in [0, 0.05) is 39.3 Å². The molecule has 0 amide bonds. The Morgan fingerprint density at radius 3 is 2.41 bits per heavy atom. The zero-order valence-corrected chi connectivity index (χ0v) is 13.0. The standard InChI is InChI=1S/C17H21NO4/c1-18(2)16(12-15(19)13-8-10-21-11-9-13)22-17(20)14-6-4-3-5-7-14/h3-7,12-13H,8-11H2,1-2H3. The number of benzene rings is 1. The largest absolute Gasteiger partial charge is 0.406 e. The summed E-state index contributed by atoms with van der Waals surface area (Å²) in [7, 11) is 3.47. The Kier molecular flexibility index (Phi) is 5.72. The average Bonchev–Trinajstić information content (AvgIpc) is 2.55. The molecule has 0 aliphatic carbocycles. The van der Waals surface area contributed by atoms with E-state index in [0.717, 1.165) is 0 Å². The molecule has 0 N–H and O–H groups in total. The van der Waals surface area contributed by atoms with Crippen molar-refractivity contribution in [3.63, 3.8) is 0 Å². The third-order valence-electron chi connectivity index (χ3n) is 3.54. The number of carbonyl (C=O) groups excluding carboxylic acids is 2. The van der Waals surface area contributed by atoms with Gasteiger partial charge in [-0.05, 0) is 25.0 Å². The maximum Gasteiger partial charge on any atom is 0.344 e. The van der Waals surface area contributed by atoms with Crippen molar-refractivity contribution in [2.75, 3.05) is 27.3 Å². The Labute approximate surface area is 130 Å². The summed E-state index contributed by atoms with van der Waals surface area (Å²) in [5.41, 5.74) is 0.453. The molecule has 1 aromatic rings. The Morgan fingerprint density at radius 1 is 1.18 bits per heavy atom. The molecule has 1 heterocycles. The predicted octanol–water partition coefficient (Wildman–Crippen LogP) is 2.24. The third-order valence-corrected chi connectivity index (χ3v) is 3.54. The SMILES string of the molecule is CN(C)C(=CC(=O)C1CCOCC1)OC(=O)c1ccccc1. The lowest BCUT2D eigenvalue weighted by Gasteiger charge is -2.21. The molecule has 0 spiro atoms. The number of rotatable bonds is 5. The monoisotopic (exact) mass is 303 g/mol. The fourth-order valence-electron chi connectivity index (χ4n) is 2.20. The summed E-state index contributed by atoms with van der Waals surface area (Å²) in [6.45, 7) is 1.21. The van der Waals surface area contributed by atoms with Crippen LogP contribution in [0.2, 0.25) is 0 Å². The third kappa shape index (κ3) is 4.43. The zero-order valence-electron chi connectivity index (χ0n) is 13.0. The van der Waals surface area contributed by atoms with Crippen LogP contribution < -0.4 is 0 Å². The van der Waals surface area contributed by atoms with Crippen LogP contribution in [0.25, 0.3) is 0 Å². The minimum absolute atomic E-state index is 0.0205. The van der Waals surface area contributed by atoms with Gasteiger partial charge in [-0.2, -0.15) is 0 Å². The van der Waals surface area contributed by atoms with Gasteiger partial charge in [0.25, 0.3) is 0 Å². The predicted molar refractivity (Wildman–Crippen MR) is 82.2 cm³/mol. The van der Waals surface area contributed by atoms with Crippen LogP contribution >= 0.6 is 0 Å². The van der Waals surface area contributed by atoms with Crippen molar-refractivity contribution in [3.05, 3.63) is 47.9 Å². The fourth-order valence-corrected chi connectivity index (χ4v) is 2.20. The van der Waals surface area contributed by atoms with Gasteiger partial charge in [-0.3, -0.25) is 4.79 Å². The first-order valence-corrected chi connectivity index (χ1v) is 7.36. The highest BCUT2D eigenvalue weighted by Crippen LogP contribution is 2.18. The van der Waals surface area contributed by atoms with Crippen LogP contribution in [0.3, 0.4) is 0 Å². The van der Waals surface area contributed by atoms with Crippen molar-refractivity contribution in [3.8, 4) is 0 Å². The molecule has 0 radical (unpaired) electrons. The second-order valence-electron chi connectivity index (χ2n) is 5.42. The van der Waals surface area contributed by atoms with Crippen molar-refractivity contribution >= 4 is 11.8 Å². The van der Waals surface area contributed by atoms with Crippen molar-refractivity contribution in [2.24, 2.45) is 5.92 Å². The van der Waals surface area contributed by atoms with Crippen molar-refractivity contribution < 1.29 is 19.1 Å². The molecule has 5 nitrogen and oxygen atoms in total. The molecule has 22 heavy (non-hydrogen) atoms. The summed E-state index contributed by atoms with van der Waals surface area (Å²) >= 11 is 0. The molecule has 5 heteroatoms. The van der Waals surface area contributed by atoms with Gasteiger partial charge >= 0.3 is 5.97 Å². The molecule has 1 fully saturated rings. The lowest BCUT2D eigenvalue weighted by atomic mass is 9.95. The molecule has 0 unspecified atom stereocenters. The molecule has 2 rings (SSSR count). The van der Waals surface area contributed by atoms with E-state index in [4.69, 9.17) is 9.47 Å². The Hall–Kier alpha value is -2.14. The summed E-state index contributed by atoms with van der Waals surface area (Å²) < 4.78 is 10.6. The topological polar surface area (TPSA) is 55.8 Å². The molecule has 0 saturated carbocycles. The van der Waals surface area contributed by atoms with Gasteiger partial charge in [0.05, 0.1) is 5.56 Å². The first kappa shape index (κ1) is 16.2. The average molecular weight is 303 g/mol. The van der Waals surface area contributed by atoms with Crippen LogP contribution in [0.1, 0.15) is 23.2 Å². The van der Waals surface area contributed by atoms with Crippen molar-refractivity contribution in [1.29, 1.82) is 0 Å². The molecule has 1 aromatic carbocycles. The number of nitrogens with zero attached hydrogens (tertiary/aromatic N) is 1. The summed E-state index contributed by atoms with van der Waals surface area (Å²) in [4.78, 5) is 26.0. The minimum atomic E-state index is -0.472. The van der Waals surface area contributed by atoms with E-state index in [-0.39, 0.29) is 17.6 Å². The maximum atomic E-state index is 12.3. The Morgan fingerprint density at radius 2 is 1.82 bits per heavy atom. The minimum Gasteiger partial charge on any atom is -0.406 e. The molecular formula is C17H21NO4. The maximum absolute atomic E-state index is 12.3. The van der Waals surface area contributed by atoms with Gasteiger partial charge < -0.3 is 14.4 Å². The van der Waals surface area contributed by atoms with E-state index in [0.29, 0.717) is 31.6 Å². The summed E-state index contributed by atoms with van der Waals surface area (Å²) in [6.07, 6.45) is 2.84. The summed E-state index contributed by atoms with van der Waals surface area (Å²) in [6, 6.07) is 8.71. The van der Waals surface area contributed by atoms with E-state index < -0.39 is 5.97 Å². The summed E-state index contributed by atoms with van der Waals surface area (Å²) in [5, 5.41) is 0. The molecule has 118 valence electrons. The molecule has 0 aromatic heterocycles. The fraction of sp³-hybridized carbons (Fsp3) is 0.412. The molecule has 0 bridgehead atoms. The normalized spacial score (nSPS) is 16.2. The zero-order chi connectivity index (χ0) is 15.9. The van der Waals surface area contributed by atoms with Gasteiger partial charge in [0.2, 0.25) is 5.88 Å². The van der Waals surface area contributed by atoms with Gasteiger partial charge in [0.1, 0.15) is 0 Å². The number of carbonyl (C=O) groups is 2. The lowest BCUT2D eigenvalue weighted by molar-refractivity contribution is -0.121. The van der Waals surface area contributed by atoms with Gasteiger partial charge in [-0.25, -0.2) is 4.79 Å². The highest BCUT2D eigenvalue weighted by atomic mass is 16.5. The van der Waals surface area contributed by atoms with E-state index in [1.54, 1.807) is 43.3 Å². The number of ether oxygens (including phenoxy) is 2. The molecule has 0 atom stereocenters. The van der Waals surface area contributed by atoms with Crippen LogP contribution in [-0.4, -0.2) is 44.0 Å². The summed E-state index contributed by atoms with van der Waals surface area (Å²) in [5.74, 6) is -0.294. The Bertz CT molecular complexity index is 545. The van der Waals surface area contributed by atoms with Gasteiger partial charge in [-0.15, -0.1) is 0 Å². The quantitative estimate of drug-likeness (QED) is 0.474. The number of ketones is 1. The number of hydrogen-bond donors (Lipinski definition) is 0. The van der Waals surface area contributed by atoms with Crippen molar-refractivity contribution in [2.45, 2.75) is 12.8 Å². The molecule has 1 aliphatic heterocycles. The number of hydrogen-bond acceptors (Lipinski definition) is 5. The van der Waals surface area contributed by atoms with Crippen LogP contribution in [0, 0.1) is 5.92 Å². The molecular weight excluding hydrogens is 282 g/mol. The first-order valence-electron chi connectivity index (χ1n) is 7.36. The van der Waals surface area contributed by atoms with Crippen LogP contribution in [0.5, 0.6) is 0 Å². The van der Waals surface area contributed by atoms with Gasteiger partial charge in [-0.1, -0.05) is 18.2 Å². The van der Waals surface area contributed by atoms with E-state index in [9.17, 15) is 9.59 Å². The highest BCUT2D eigenvalue weighted by Gasteiger charge is 2.22. The van der Waals surface area contributed by atoms with E-state index in [1.807, 2.05) is 6.07 Å². The molecule has 1 saturated heterocycles.